The Labute approximate surface area is 195 Å². The Hall–Kier alpha value is -2.75. The minimum Gasteiger partial charge on any atom is -0.476 e. The number of aryl methyl sites for hydroxylation is 1. The summed E-state index contributed by atoms with van der Waals surface area (Å²) in [6.45, 7) is 9.82. The second-order valence-corrected chi connectivity index (χ2v) is 8.36. The lowest BCUT2D eigenvalue weighted by Crippen LogP contribution is -2.38. The number of anilines is 2. The Bertz CT molecular complexity index is 928. The van der Waals surface area contributed by atoms with E-state index in [2.05, 4.69) is 26.3 Å². The second kappa shape index (κ2) is 11.4. The number of ether oxygens (including phenoxy) is 3. The molecule has 178 valence electrons. The molecule has 2 aliphatic heterocycles. The van der Waals surface area contributed by atoms with Crippen molar-refractivity contribution in [2.75, 3.05) is 83.0 Å². The van der Waals surface area contributed by atoms with Crippen LogP contribution in [0.2, 0.25) is 0 Å². The fraction of sp³-hybridized carbons (Fsp3) is 0.542. The standard InChI is InChI=1S/C24H34N6O3/c1-18-3-4-21(26-2)20(15-18)24(28-25)22-16-19(30-8-12-32-13-9-30)17-23(27-22)33-14-7-29-5-10-31-11-6-29/h3-4,15-17,24-26H,5-14H2,1-2H3. The molecule has 2 saturated heterocycles. The molecule has 3 heterocycles. The summed E-state index contributed by atoms with van der Waals surface area (Å²) in [6.07, 6.45) is 0. The molecule has 1 unspecified atom stereocenters. The van der Waals surface area contributed by atoms with Crippen molar-refractivity contribution >= 4 is 11.4 Å². The quantitative estimate of drug-likeness (QED) is 0.562. The zero-order chi connectivity index (χ0) is 23.0. The van der Waals surface area contributed by atoms with Gasteiger partial charge in [-0.25, -0.2) is 10.5 Å². The number of nitrogens with zero attached hydrogens (tertiary/aromatic N) is 4. The zero-order valence-corrected chi connectivity index (χ0v) is 19.5. The smallest absolute Gasteiger partial charge is 0.215 e. The molecule has 33 heavy (non-hydrogen) atoms. The number of hydrogen-bond acceptors (Lipinski definition) is 9. The van der Waals surface area contributed by atoms with Gasteiger partial charge in [-0.3, -0.25) is 4.90 Å². The molecule has 0 bridgehead atoms. The molecule has 0 radical (unpaired) electrons. The van der Waals surface area contributed by atoms with Crippen molar-refractivity contribution in [2.24, 2.45) is 5.11 Å². The third kappa shape index (κ3) is 5.98. The van der Waals surface area contributed by atoms with Crippen LogP contribution in [-0.2, 0) is 9.47 Å². The Morgan fingerprint density at radius 3 is 2.52 bits per heavy atom. The van der Waals surface area contributed by atoms with Crippen LogP contribution < -0.4 is 15.0 Å². The van der Waals surface area contributed by atoms with Crippen LogP contribution in [0.1, 0.15) is 22.9 Å². The van der Waals surface area contributed by atoms with Crippen molar-refractivity contribution in [3.8, 4) is 5.88 Å². The Morgan fingerprint density at radius 1 is 1.09 bits per heavy atom. The minimum absolute atomic E-state index is 0.519. The average Bonchev–Trinajstić information content (AvgIpc) is 2.86. The number of nitrogens with one attached hydrogen (secondary N) is 2. The number of rotatable bonds is 9. The molecule has 1 aromatic heterocycles. The molecule has 0 aliphatic carbocycles. The van der Waals surface area contributed by atoms with E-state index in [9.17, 15) is 0 Å². The first-order chi connectivity index (χ1) is 16.2. The number of aromatic nitrogens is 1. The van der Waals surface area contributed by atoms with Gasteiger partial charge in [-0.2, -0.15) is 5.11 Å². The van der Waals surface area contributed by atoms with Crippen molar-refractivity contribution in [1.29, 1.82) is 5.53 Å². The average molecular weight is 455 g/mol. The van der Waals surface area contributed by atoms with Gasteiger partial charge in [0, 0.05) is 62.8 Å². The van der Waals surface area contributed by atoms with Gasteiger partial charge in [-0.15, -0.1) is 0 Å². The number of hydrogen-bond donors (Lipinski definition) is 2. The predicted molar refractivity (Wildman–Crippen MR) is 128 cm³/mol. The second-order valence-electron chi connectivity index (χ2n) is 8.36. The van der Waals surface area contributed by atoms with Gasteiger partial charge in [0.1, 0.15) is 12.6 Å². The predicted octanol–water partition coefficient (Wildman–Crippen LogP) is 3.10. The third-order valence-corrected chi connectivity index (χ3v) is 6.12. The molecule has 2 aromatic rings. The van der Waals surface area contributed by atoms with E-state index in [4.69, 9.17) is 24.7 Å². The molecule has 4 rings (SSSR count). The van der Waals surface area contributed by atoms with Crippen LogP contribution in [-0.4, -0.2) is 82.7 Å². The lowest BCUT2D eigenvalue weighted by atomic mass is 9.99. The van der Waals surface area contributed by atoms with E-state index < -0.39 is 6.04 Å². The van der Waals surface area contributed by atoms with E-state index in [0.29, 0.717) is 31.4 Å². The molecule has 2 aliphatic rings. The van der Waals surface area contributed by atoms with Gasteiger partial charge >= 0.3 is 0 Å². The molecule has 2 N–H and O–H groups in total. The van der Waals surface area contributed by atoms with Gasteiger partial charge in [0.2, 0.25) is 5.88 Å². The summed E-state index contributed by atoms with van der Waals surface area (Å²) in [6, 6.07) is 9.64. The van der Waals surface area contributed by atoms with Crippen molar-refractivity contribution in [2.45, 2.75) is 13.0 Å². The van der Waals surface area contributed by atoms with E-state index in [1.807, 2.05) is 38.2 Å². The molecule has 9 nitrogen and oxygen atoms in total. The molecule has 2 fully saturated rings. The summed E-state index contributed by atoms with van der Waals surface area (Å²) in [5, 5.41) is 7.21. The van der Waals surface area contributed by atoms with Crippen LogP contribution in [0.3, 0.4) is 0 Å². The maximum absolute atomic E-state index is 8.00. The minimum atomic E-state index is -0.519. The summed E-state index contributed by atoms with van der Waals surface area (Å²) in [5.74, 6) is 0.564. The van der Waals surface area contributed by atoms with Crippen LogP contribution in [0.25, 0.3) is 0 Å². The van der Waals surface area contributed by atoms with Gasteiger partial charge in [0.05, 0.1) is 32.1 Å². The summed E-state index contributed by atoms with van der Waals surface area (Å²) in [5.41, 5.74) is 12.7. The number of benzene rings is 1. The molecule has 0 saturated carbocycles. The molecule has 9 heteroatoms. The van der Waals surface area contributed by atoms with Crippen LogP contribution in [0, 0.1) is 12.5 Å². The van der Waals surface area contributed by atoms with E-state index in [-0.39, 0.29) is 0 Å². The highest BCUT2D eigenvalue weighted by Gasteiger charge is 2.22. The summed E-state index contributed by atoms with van der Waals surface area (Å²) in [4.78, 5) is 9.41. The molecule has 0 spiro atoms. The zero-order valence-electron chi connectivity index (χ0n) is 19.5. The van der Waals surface area contributed by atoms with Gasteiger partial charge in [0.15, 0.2) is 0 Å². The Kier molecular flexibility index (Phi) is 8.09. The molecule has 1 aromatic carbocycles. The molecule has 1 atom stereocenters. The van der Waals surface area contributed by atoms with E-state index in [1.54, 1.807) is 0 Å². The molecular formula is C24H34N6O3. The van der Waals surface area contributed by atoms with E-state index in [0.717, 1.165) is 68.4 Å². The molecule has 0 amide bonds. The first-order valence-corrected chi connectivity index (χ1v) is 11.6. The van der Waals surface area contributed by atoms with Crippen LogP contribution in [0.4, 0.5) is 11.4 Å². The van der Waals surface area contributed by atoms with Crippen molar-refractivity contribution in [3.63, 3.8) is 0 Å². The largest absolute Gasteiger partial charge is 0.476 e. The van der Waals surface area contributed by atoms with Crippen LogP contribution in [0.5, 0.6) is 5.88 Å². The first kappa shape index (κ1) is 23.4. The summed E-state index contributed by atoms with van der Waals surface area (Å²) in [7, 11) is 1.88. The fourth-order valence-corrected chi connectivity index (χ4v) is 4.26. The van der Waals surface area contributed by atoms with Gasteiger partial charge in [-0.05, 0) is 19.1 Å². The van der Waals surface area contributed by atoms with Crippen molar-refractivity contribution in [3.05, 3.63) is 47.2 Å². The lowest BCUT2D eigenvalue weighted by molar-refractivity contribution is 0.0320. The van der Waals surface area contributed by atoms with E-state index >= 15 is 0 Å². The normalized spacial score (nSPS) is 18.1. The van der Waals surface area contributed by atoms with Gasteiger partial charge in [-0.1, -0.05) is 17.7 Å². The Balaban J connectivity index is 1.61. The maximum Gasteiger partial charge on any atom is 0.215 e. The maximum atomic E-state index is 8.00. The summed E-state index contributed by atoms with van der Waals surface area (Å²) >= 11 is 0. The van der Waals surface area contributed by atoms with E-state index in [1.165, 1.54) is 0 Å². The number of morpholine rings is 2. The fourth-order valence-electron chi connectivity index (χ4n) is 4.26. The van der Waals surface area contributed by atoms with Crippen molar-refractivity contribution < 1.29 is 14.2 Å². The third-order valence-electron chi connectivity index (χ3n) is 6.12. The van der Waals surface area contributed by atoms with Crippen molar-refractivity contribution in [1.82, 2.24) is 9.88 Å². The van der Waals surface area contributed by atoms with Gasteiger partial charge in [0.25, 0.3) is 0 Å². The van der Waals surface area contributed by atoms with Crippen LogP contribution in [0.15, 0.2) is 35.4 Å². The lowest BCUT2D eigenvalue weighted by Gasteiger charge is -2.30. The summed E-state index contributed by atoms with van der Waals surface area (Å²) < 4.78 is 17.1. The Morgan fingerprint density at radius 2 is 1.82 bits per heavy atom. The van der Waals surface area contributed by atoms with Crippen LogP contribution >= 0.6 is 0 Å². The highest BCUT2D eigenvalue weighted by molar-refractivity contribution is 5.58. The monoisotopic (exact) mass is 454 g/mol. The molecular weight excluding hydrogens is 420 g/mol. The number of pyridine rings is 1. The van der Waals surface area contributed by atoms with Gasteiger partial charge < -0.3 is 24.4 Å². The first-order valence-electron chi connectivity index (χ1n) is 11.6. The highest BCUT2D eigenvalue weighted by atomic mass is 16.5. The SMILES string of the molecule is CNc1ccc(C)cc1C(N=N)c1cc(N2CCOCC2)cc(OCCN2CCOCC2)n1. The highest BCUT2D eigenvalue weighted by Crippen LogP contribution is 2.34. The topological polar surface area (TPSA) is 95.3 Å².